The first-order valence-corrected chi connectivity index (χ1v) is 9.28. The fourth-order valence-corrected chi connectivity index (χ4v) is 3.23. The Kier molecular flexibility index (Phi) is 6.06. The van der Waals surface area contributed by atoms with Crippen molar-refractivity contribution in [3.63, 3.8) is 0 Å². The Morgan fingerprint density at radius 1 is 1.30 bits per heavy atom. The minimum Gasteiger partial charge on any atom is -0.448 e. The van der Waals surface area contributed by atoms with E-state index in [-0.39, 0.29) is 10.6 Å². The zero-order valence-electron chi connectivity index (χ0n) is 15.7. The molecule has 2 heterocycles. The number of carbonyl (C=O) groups excluding carboxylic acids is 2. The summed E-state index contributed by atoms with van der Waals surface area (Å²) in [4.78, 5) is 47.2. The van der Waals surface area contributed by atoms with Crippen molar-refractivity contribution in [2.24, 2.45) is 0 Å². The van der Waals surface area contributed by atoms with Gasteiger partial charge in [0.15, 0.2) is 16.9 Å². The van der Waals surface area contributed by atoms with Crippen molar-refractivity contribution < 1.29 is 23.6 Å². The van der Waals surface area contributed by atoms with Gasteiger partial charge in [-0.15, -0.1) is 11.3 Å². The molecule has 10 nitrogen and oxygen atoms in total. The molecule has 3 rings (SSSR count). The van der Waals surface area contributed by atoms with Crippen molar-refractivity contribution in [1.82, 2.24) is 15.0 Å². The van der Waals surface area contributed by atoms with Crippen LogP contribution in [0.4, 0.5) is 15.8 Å². The Hall–Kier alpha value is -3.80. The van der Waals surface area contributed by atoms with E-state index in [2.05, 4.69) is 20.3 Å². The Bertz CT molecular complexity index is 1120. The molecule has 154 valence electrons. The summed E-state index contributed by atoms with van der Waals surface area (Å²) in [5.41, 5.74) is -0.393. The maximum absolute atomic E-state index is 13.4. The molecule has 0 fully saturated rings. The van der Waals surface area contributed by atoms with E-state index in [4.69, 9.17) is 4.74 Å². The third kappa shape index (κ3) is 4.60. The number of ether oxygens (including phenoxy) is 1. The number of anilines is 1. The summed E-state index contributed by atoms with van der Waals surface area (Å²) in [7, 11) is 0. The number of nitrogens with zero attached hydrogens (tertiary/aromatic N) is 4. The quantitative estimate of drug-likeness (QED) is 0.357. The number of halogens is 1. The van der Waals surface area contributed by atoms with Gasteiger partial charge in [-0.1, -0.05) is 0 Å². The number of esters is 1. The van der Waals surface area contributed by atoms with E-state index in [1.807, 2.05) is 0 Å². The smallest absolute Gasteiger partial charge is 0.351 e. The lowest BCUT2D eigenvalue weighted by atomic mass is 10.2. The molecule has 1 amide bonds. The van der Waals surface area contributed by atoms with E-state index in [1.54, 1.807) is 25.4 Å². The van der Waals surface area contributed by atoms with E-state index in [1.165, 1.54) is 6.92 Å². The minimum atomic E-state index is -1.22. The molecule has 0 aliphatic heterocycles. The second-order valence-corrected chi connectivity index (χ2v) is 6.97. The number of rotatable bonds is 6. The summed E-state index contributed by atoms with van der Waals surface area (Å²) in [6, 6.07) is 4.54. The third-order valence-electron chi connectivity index (χ3n) is 3.80. The molecule has 2 aromatic heterocycles. The highest BCUT2D eigenvalue weighted by atomic mass is 32.1. The molecule has 12 heteroatoms. The number of carbonyl (C=O) groups is 2. The van der Waals surface area contributed by atoms with Gasteiger partial charge in [-0.3, -0.25) is 14.9 Å². The average molecular weight is 431 g/mol. The first kappa shape index (κ1) is 20.9. The topological polar surface area (TPSA) is 137 Å². The van der Waals surface area contributed by atoms with Gasteiger partial charge >= 0.3 is 11.7 Å². The van der Waals surface area contributed by atoms with Gasteiger partial charge in [-0.2, -0.15) is 4.39 Å². The highest BCUT2D eigenvalue weighted by molar-refractivity contribution is 7.16. The molecule has 1 N–H and O–H groups in total. The van der Waals surface area contributed by atoms with Crippen LogP contribution in [0.5, 0.6) is 0 Å². The summed E-state index contributed by atoms with van der Waals surface area (Å²) >= 11 is 1.03. The lowest BCUT2D eigenvalue weighted by molar-refractivity contribution is -0.387. The van der Waals surface area contributed by atoms with E-state index in [0.29, 0.717) is 16.5 Å². The molecule has 30 heavy (non-hydrogen) atoms. The van der Waals surface area contributed by atoms with Crippen molar-refractivity contribution in [3.8, 4) is 10.8 Å². The normalized spacial score (nSPS) is 11.6. The van der Waals surface area contributed by atoms with Gasteiger partial charge in [0.1, 0.15) is 4.88 Å². The largest absolute Gasteiger partial charge is 0.448 e. The number of nitro groups is 1. The molecule has 0 saturated carbocycles. The lowest BCUT2D eigenvalue weighted by Gasteiger charge is -2.13. The second kappa shape index (κ2) is 8.69. The van der Waals surface area contributed by atoms with Gasteiger partial charge in [0.05, 0.1) is 10.6 Å². The molecule has 1 aromatic carbocycles. The highest BCUT2D eigenvalue weighted by Crippen LogP contribution is 2.26. The molecule has 3 aromatic rings. The third-order valence-corrected chi connectivity index (χ3v) is 4.94. The second-order valence-electron chi connectivity index (χ2n) is 5.97. The Morgan fingerprint density at radius 3 is 2.67 bits per heavy atom. The molecule has 0 radical (unpaired) electrons. The predicted molar refractivity (Wildman–Crippen MR) is 104 cm³/mol. The number of hydrogen-bond donors (Lipinski definition) is 1. The summed E-state index contributed by atoms with van der Waals surface area (Å²) in [5, 5.41) is 13.6. The molecule has 0 saturated heterocycles. The van der Waals surface area contributed by atoms with E-state index in [0.717, 1.165) is 29.5 Å². The number of amides is 1. The number of aromatic nitrogens is 3. The zero-order valence-corrected chi connectivity index (χ0v) is 16.5. The van der Waals surface area contributed by atoms with Gasteiger partial charge in [0, 0.05) is 24.1 Å². The summed E-state index contributed by atoms with van der Waals surface area (Å²) in [6.07, 6.45) is 1.87. The van der Waals surface area contributed by atoms with Crippen LogP contribution in [0.2, 0.25) is 0 Å². The average Bonchev–Trinajstić information content (AvgIpc) is 3.11. The molecule has 0 spiro atoms. The van der Waals surface area contributed by atoms with Crippen molar-refractivity contribution in [3.05, 3.63) is 63.2 Å². The van der Waals surface area contributed by atoms with Crippen LogP contribution in [0, 0.1) is 22.9 Å². The van der Waals surface area contributed by atoms with Crippen LogP contribution in [-0.4, -0.2) is 37.9 Å². The number of nitro benzene ring substituents is 1. The maximum Gasteiger partial charge on any atom is 0.351 e. The zero-order chi connectivity index (χ0) is 21.8. The lowest BCUT2D eigenvalue weighted by Crippen LogP contribution is -2.30. The first-order chi connectivity index (χ1) is 14.3. The SMILES string of the molecule is Cc1nc(-c2ncccn2)sc1C(=O)OC(C)C(=O)Nc1ccc(F)c([N+](=O)[O-])c1. The van der Waals surface area contributed by atoms with E-state index >= 15 is 0 Å². The number of thiazole rings is 1. The van der Waals surface area contributed by atoms with Crippen molar-refractivity contribution >= 4 is 34.6 Å². The molecule has 0 aliphatic rings. The molecular weight excluding hydrogens is 417 g/mol. The van der Waals surface area contributed by atoms with Crippen molar-refractivity contribution in [2.75, 3.05) is 5.32 Å². The van der Waals surface area contributed by atoms with E-state index < -0.39 is 34.4 Å². The standard InChI is InChI=1S/C18H14FN5O5S/c1-9-14(30-17(22-9)15-20-6-3-7-21-15)18(26)29-10(2)16(25)23-11-4-5-12(19)13(8-11)24(27)28/h3-8,10H,1-2H3,(H,23,25). The van der Waals surface area contributed by atoms with Gasteiger partial charge < -0.3 is 10.1 Å². The Morgan fingerprint density at radius 2 is 2.00 bits per heavy atom. The number of benzene rings is 1. The number of hydrogen-bond acceptors (Lipinski definition) is 9. The van der Waals surface area contributed by atoms with Crippen LogP contribution in [0.25, 0.3) is 10.8 Å². The van der Waals surface area contributed by atoms with Crippen LogP contribution >= 0.6 is 11.3 Å². The van der Waals surface area contributed by atoms with Crippen LogP contribution in [-0.2, 0) is 9.53 Å². The van der Waals surface area contributed by atoms with Crippen LogP contribution in [0.15, 0.2) is 36.7 Å². The summed E-state index contributed by atoms with van der Waals surface area (Å²) < 4.78 is 18.6. The van der Waals surface area contributed by atoms with Crippen molar-refractivity contribution in [2.45, 2.75) is 20.0 Å². The summed E-state index contributed by atoms with van der Waals surface area (Å²) in [5.74, 6) is -2.18. The van der Waals surface area contributed by atoms with Crippen molar-refractivity contribution in [1.29, 1.82) is 0 Å². The van der Waals surface area contributed by atoms with Gasteiger partial charge in [-0.25, -0.2) is 19.7 Å². The first-order valence-electron chi connectivity index (χ1n) is 8.47. The minimum absolute atomic E-state index is 0.00603. The highest BCUT2D eigenvalue weighted by Gasteiger charge is 2.24. The summed E-state index contributed by atoms with van der Waals surface area (Å²) in [6.45, 7) is 2.95. The van der Waals surface area contributed by atoms with Crippen LogP contribution in [0.3, 0.4) is 0 Å². The fraction of sp³-hybridized carbons (Fsp3) is 0.167. The fourth-order valence-electron chi connectivity index (χ4n) is 2.33. The van der Waals surface area contributed by atoms with Crippen LogP contribution in [0.1, 0.15) is 22.3 Å². The van der Waals surface area contributed by atoms with Crippen LogP contribution < -0.4 is 5.32 Å². The predicted octanol–water partition coefficient (Wildman–Crippen LogP) is 3.14. The van der Waals surface area contributed by atoms with E-state index in [9.17, 15) is 24.1 Å². The number of nitrogens with one attached hydrogen (secondary N) is 1. The monoisotopic (exact) mass is 431 g/mol. The Labute approximate surface area is 172 Å². The molecule has 1 unspecified atom stereocenters. The Balaban J connectivity index is 1.69. The molecule has 0 bridgehead atoms. The van der Waals surface area contributed by atoms with Gasteiger partial charge in [-0.05, 0) is 32.0 Å². The van der Waals surface area contributed by atoms with Gasteiger partial charge in [0.2, 0.25) is 5.82 Å². The molecular formula is C18H14FN5O5S. The number of aryl methyl sites for hydroxylation is 1. The van der Waals surface area contributed by atoms with Gasteiger partial charge in [0.25, 0.3) is 5.91 Å². The molecule has 1 atom stereocenters. The maximum atomic E-state index is 13.4. The molecule has 0 aliphatic carbocycles.